The molecule has 5 rings (SSSR count). The first-order valence-corrected chi connectivity index (χ1v) is 11.0. The van der Waals surface area contributed by atoms with Crippen LogP contribution in [0.25, 0.3) is 17.0 Å². The number of carbonyl (C=O) groups is 1. The van der Waals surface area contributed by atoms with Crippen LogP contribution in [0.4, 0.5) is 9.18 Å². The molecule has 1 aliphatic heterocycles. The Balaban J connectivity index is 1.60. The lowest BCUT2D eigenvalue weighted by Gasteiger charge is -2.35. The molecule has 6 nitrogen and oxygen atoms in total. The standard InChI is InChI=1S/C27H23FN4O2/c1-17-11-13-20(14-12-17)24-23(26-30-25(31-34-26)21-9-6-10-22(28)15-21)18(2)32(27(33)29-24)16-19-7-4-3-5-8-19/h3-15,24H,16H2,1-2H3,(H,29,33). The molecule has 170 valence electrons. The van der Waals surface area contributed by atoms with Crippen molar-refractivity contribution >= 4 is 11.6 Å². The van der Waals surface area contributed by atoms with Crippen molar-refractivity contribution in [2.45, 2.75) is 26.4 Å². The maximum Gasteiger partial charge on any atom is 0.322 e. The minimum absolute atomic E-state index is 0.208. The van der Waals surface area contributed by atoms with Gasteiger partial charge in [0.25, 0.3) is 5.89 Å². The number of amides is 2. The lowest BCUT2D eigenvalue weighted by molar-refractivity contribution is 0.203. The van der Waals surface area contributed by atoms with Gasteiger partial charge in [0, 0.05) is 11.3 Å². The second-order valence-electron chi connectivity index (χ2n) is 8.30. The first kappa shape index (κ1) is 21.6. The molecule has 1 N–H and O–H groups in total. The van der Waals surface area contributed by atoms with Crippen molar-refractivity contribution in [1.82, 2.24) is 20.4 Å². The van der Waals surface area contributed by atoms with Crippen LogP contribution in [0.3, 0.4) is 0 Å². The number of benzene rings is 3. The van der Waals surface area contributed by atoms with Gasteiger partial charge in [0.2, 0.25) is 5.82 Å². The van der Waals surface area contributed by atoms with Crippen molar-refractivity contribution in [3.63, 3.8) is 0 Å². The molecule has 0 saturated carbocycles. The second-order valence-corrected chi connectivity index (χ2v) is 8.30. The summed E-state index contributed by atoms with van der Waals surface area (Å²) in [5, 5.41) is 7.19. The van der Waals surface area contributed by atoms with E-state index in [4.69, 9.17) is 4.52 Å². The van der Waals surface area contributed by atoms with E-state index in [9.17, 15) is 9.18 Å². The van der Waals surface area contributed by atoms with Crippen LogP contribution in [-0.4, -0.2) is 21.1 Å². The fraction of sp³-hybridized carbons (Fsp3) is 0.148. The summed E-state index contributed by atoms with van der Waals surface area (Å²) in [6.07, 6.45) is 0. The van der Waals surface area contributed by atoms with Gasteiger partial charge in [0.05, 0.1) is 18.2 Å². The van der Waals surface area contributed by atoms with Crippen LogP contribution in [0.2, 0.25) is 0 Å². The minimum atomic E-state index is -0.471. The average Bonchev–Trinajstić information content (AvgIpc) is 3.32. The molecule has 0 bridgehead atoms. The normalized spacial score (nSPS) is 16.0. The zero-order valence-electron chi connectivity index (χ0n) is 18.8. The number of aromatic nitrogens is 2. The fourth-order valence-corrected chi connectivity index (χ4v) is 4.10. The molecule has 7 heteroatoms. The van der Waals surface area contributed by atoms with Crippen LogP contribution >= 0.6 is 0 Å². The number of halogens is 1. The van der Waals surface area contributed by atoms with E-state index in [1.165, 1.54) is 12.1 Å². The summed E-state index contributed by atoms with van der Waals surface area (Å²) in [6, 6.07) is 23.1. The highest BCUT2D eigenvalue weighted by Crippen LogP contribution is 2.38. The number of aryl methyl sites for hydroxylation is 1. The van der Waals surface area contributed by atoms with Gasteiger partial charge < -0.3 is 9.84 Å². The van der Waals surface area contributed by atoms with Gasteiger partial charge in [0.15, 0.2) is 0 Å². The van der Waals surface area contributed by atoms with Gasteiger partial charge in [-0.05, 0) is 37.1 Å². The number of nitrogens with zero attached hydrogens (tertiary/aromatic N) is 3. The summed E-state index contributed by atoms with van der Waals surface area (Å²) in [5.41, 5.74) is 4.95. The smallest absolute Gasteiger partial charge is 0.322 e. The predicted octanol–water partition coefficient (Wildman–Crippen LogP) is 5.88. The lowest BCUT2D eigenvalue weighted by Crippen LogP contribution is -2.45. The number of rotatable bonds is 5. The maximum absolute atomic E-state index is 13.7. The number of hydrogen-bond acceptors (Lipinski definition) is 4. The van der Waals surface area contributed by atoms with Crippen molar-refractivity contribution < 1.29 is 13.7 Å². The average molecular weight is 455 g/mol. The van der Waals surface area contributed by atoms with Gasteiger partial charge in [-0.2, -0.15) is 4.98 Å². The quantitative estimate of drug-likeness (QED) is 0.409. The highest BCUT2D eigenvalue weighted by Gasteiger charge is 2.35. The highest BCUT2D eigenvalue weighted by atomic mass is 19.1. The number of carbonyl (C=O) groups excluding carboxylic acids is 1. The number of urea groups is 1. The largest absolute Gasteiger partial charge is 0.334 e. The Kier molecular flexibility index (Phi) is 5.67. The van der Waals surface area contributed by atoms with Crippen LogP contribution in [0, 0.1) is 12.7 Å². The maximum atomic E-state index is 13.7. The van der Waals surface area contributed by atoms with E-state index in [0.29, 0.717) is 23.4 Å². The Bertz CT molecular complexity index is 1360. The molecule has 0 spiro atoms. The topological polar surface area (TPSA) is 71.3 Å². The first-order chi connectivity index (χ1) is 16.5. The zero-order chi connectivity index (χ0) is 23.7. The molecule has 0 saturated heterocycles. The Morgan fingerprint density at radius 1 is 1.00 bits per heavy atom. The van der Waals surface area contributed by atoms with Crippen LogP contribution in [-0.2, 0) is 6.54 Å². The molecular weight excluding hydrogens is 431 g/mol. The van der Waals surface area contributed by atoms with E-state index < -0.39 is 6.04 Å². The highest BCUT2D eigenvalue weighted by molar-refractivity contribution is 5.86. The molecular formula is C27H23FN4O2. The van der Waals surface area contributed by atoms with Crippen molar-refractivity contribution in [1.29, 1.82) is 0 Å². The fourth-order valence-electron chi connectivity index (χ4n) is 4.10. The Hall–Kier alpha value is -4.26. The van der Waals surface area contributed by atoms with E-state index >= 15 is 0 Å². The van der Waals surface area contributed by atoms with Crippen molar-refractivity contribution in [3.8, 4) is 11.4 Å². The summed E-state index contributed by atoms with van der Waals surface area (Å²) < 4.78 is 19.4. The molecule has 4 aromatic rings. The van der Waals surface area contributed by atoms with Crippen LogP contribution in [0.15, 0.2) is 89.1 Å². The zero-order valence-corrected chi connectivity index (χ0v) is 18.8. The second kappa shape index (κ2) is 8.94. The Morgan fingerprint density at radius 3 is 2.50 bits per heavy atom. The van der Waals surface area contributed by atoms with E-state index in [-0.39, 0.29) is 23.6 Å². The molecule has 2 amide bonds. The molecule has 0 fully saturated rings. The molecule has 1 unspecified atom stereocenters. The Labute approximate surface area is 196 Å². The van der Waals surface area contributed by atoms with Gasteiger partial charge in [-0.3, -0.25) is 4.90 Å². The SMILES string of the molecule is CC1=C(c2nc(-c3cccc(F)c3)no2)C(c2ccc(C)cc2)NC(=O)N1Cc1ccccc1. The summed E-state index contributed by atoms with van der Waals surface area (Å²) in [4.78, 5) is 19.4. The van der Waals surface area contributed by atoms with E-state index in [2.05, 4.69) is 15.5 Å². The minimum Gasteiger partial charge on any atom is -0.334 e. The molecule has 0 aliphatic carbocycles. The van der Waals surface area contributed by atoms with Gasteiger partial charge in [-0.15, -0.1) is 0 Å². The number of allylic oxidation sites excluding steroid dienone is 1. The monoisotopic (exact) mass is 454 g/mol. The molecule has 1 aliphatic rings. The Morgan fingerprint density at radius 2 is 1.76 bits per heavy atom. The van der Waals surface area contributed by atoms with Crippen molar-refractivity contribution in [2.75, 3.05) is 0 Å². The van der Waals surface area contributed by atoms with Crippen molar-refractivity contribution in [3.05, 3.63) is 113 Å². The molecule has 3 aromatic carbocycles. The molecule has 1 atom stereocenters. The number of hydrogen-bond donors (Lipinski definition) is 1. The third-order valence-electron chi connectivity index (χ3n) is 5.93. The van der Waals surface area contributed by atoms with Crippen molar-refractivity contribution in [2.24, 2.45) is 0 Å². The van der Waals surface area contributed by atoms with E-state index in [0.717, 1.165) is 16.7 Å². The van der Waals surface area contributed by atoms with Gasteiger partial charge in [0.1, 0.15) is 5.82 Å². The summed E-state index contributed by atoms with van der Waals surface area (Å²) in [5.74, 6) is 0.181. The summed E-state index contributed by atoms with van der Waals surface area (Å²) in [7, 11) is 0. The van der Waals surface area contributed by atoms with Crippen LogP contribution in [0.1, 0.15) is 35.5 Å². The number of nitrogens with one attached hydrogen (secondary N) is 1. The third kappa shape index (κ3) is 4.20. The van der Waals surface area contributed by atoms with Gasteiger partial charge in [-0.25, -0.2) is 9.18 Å². The molecule has 2 heterocycles. The summed E-state index contributed by atoms with van der Waals surface area (Å²) >= 11 is 0. The first-order valence-electron chi connectivity index (χ1n) is 11.0. The van der Waals surface area contributed by atoms with Crippen LogP contribution in [0.5, 0.6) is 0 Å². The van der Waals surface area contributed by atoms with Gasteiger partial charge >= 0.3 is 6.03 Å². The molecule has 34 heavy (non-hydrogen) atoms. The molecule has 0 radical (unpaired) electrons. The third-order valence-corrected chi connectivity index (χ3v) is 5.93. The van der Waals surface area contributed by atoms with E-state index in [1.54, 1.807) is 17.0 Å². The van der Waals surface area contributed by atoms with Crippen LogP contribution < -0.4 is 5.32 Å². The van der Waals surface area contributed by atoms with E-state index in [1.807, 2.05) is 68.4 Å². The summed E-state index contributed by atoms with van der Waals surface area (Å²) in [6.45, 7) is 4.29. The van der Waals surface area contributed by atoms with Gasteiger partial charge in [-0.1, -0.05) is 77.5 Å². The lowest BCUT2D eigenvalue weighted by atomic mass is 9.94. The molecule has 1 aromatic heterocycles. The predicted molar refractivity (Wildman–Crippen MR) is 127 cm³/mol.